The van der Waals surface area contributed by atoms with Crippen LogP contribution in [0, 0.1) is 0 Å². The second kappa shape index (κ2) is 11.3. The van der Waals surface area contributed by atoms with Gasteiger partial charge in [0.15, 0.2) is 6.29 Å². The van der Waals surface area contributed by atoms with Crippen molar-refractivity contribution in [1.82, 2.24) is 4.98 Å². The van der Waals surface area contributed by atoms with Crippen LogP contribution in [0.4, 0.5) is 5.82 Å². The van der Waals surface area contributed by atoms with Crippen molar-refractivity contribution in [2.75, 3.05) is 44.9 Å². The fourth-order valence-corrected chi connectivity index (χ4v) is 6.08. The van der Waals surface area contributed by atoms with Gasteiger partial charge in [-0.15, -0.1) is 0 Å². The summed E-state index contributed by atoms with van der Waals surface area (Å²) in [6, 6.07) is 10.9. The predicted molar refractivity (Wildman–Crippen MR) is 131 cm³/mol. The monoisotopic (exact) mass is 519 g/mol. The Labute approximate surface area is 212 Å². The summed E-state index contributed by atoms with van der Waals surface area (Å²) in [5.74, 6) is 0.809. The first-order valence-electron chi connectivity index (χ1n) is 11.4. The van der Waals surface area contributed by atoms with E-state index in [4.69, 9.17) is 35.3 Å². The zero-order valence-corrected chi connectivity index (χ0v) is 20.7. The molecule has 0 amide bonds. The van der Waals surface area contributed by atoms with Crippen LogP contribution in [-0.4, -0.2) is 74.8 Å². The van der Waals surface area contributed by atoms with Gasteiger partial charge < -0.3 is 28.6 Å². The molecule has 0 N–H and O–H groups in total. The van der Waals surface area contributed by atoms with Gasteiger partial charge in [-0.3, -0.25) is 0 Å². The van der Waals surface area contributed by atoms with Crippen LogP contribution in [0.5, 0.6) is 0 Å². The lowest BCUT2D eigenvalue weighted by atomic mass is 9.96. The topological polar surface area (TPSA) is 111 Å². The molecular weight excluding hydrogens is 494 g/mol. The highest BCUT2D eigenvalue weighted by Crippen LogP contribution is 2.43. The number of hydrogen-bond acceptors (Lipinski definition) is 9. The molecule has 3 saturated heterocycles. The Balaban J connectivity index is 1.40. The molecule has 4 heterocycles. The zero-order valence-electron chi connectivity index (χ0n) is 19.1. The average Bonchev–Trinajstić information content (AvgIpc) is 2.90. The van der Waals surface area contributed by atoms with Crippen molar-refractivity contribution < 1.29 is 23.7 Å². The summed E-state index contributed by atoms with van der Waals surface area (Å²) in [6.45, 7) is 3.02. The number of methoxy groups -OCH3 is 1. The van der Waals surface area contributed by atoms with Crippen LogP contribution < -0.4 is 4.90 Å². The molecule has 0 bridgehead atoms. The van der Waals surface area contributed by atoms with Crippen molar-refractivity contribution >= 4 is 29.2 Å². The van der Waals surface area contributed by atoms with Crippen LogP contribution in [0.3, 0.4) is 0 Å². The maximum atomic E-state index is 9.35. The predicted octanol–water partition coefficient (Wildman–Crippen LogP) is 4.20. The number of ether oxygens (including phenoxy) is 5. The van der Waals surface area contributed by atoms with Gasteiger partial charge in [0.1, 0.15) is 29.6 Å². The molecule has 0 saturated carbocycles. The van der Waals surface area contributed by atoms with Crippen molar-refractivity contribution in [1.29, 1.82) is 0 Å². The number of rotatable bonds is 6. The Hall–Kier alpha value is -2.08. The van der Waals surface area contributed by atoms with Gasteiger partial charge in [-0.05, 0) is 11.6 Å². The molecule has 2 aromatic rings. The molecule has 0 radical (unpaired) electrons. The molecule has 5 rings (SSSR count). The van der Waals surface area contributed by atoms with E-state index in [1.165, 1.54) is 11.8 Å². The number of hydrogen-bond donors (Lipinski definition) is 0. The Morgan fingerprint density at radius 3 is 2.77 bits per heavy atom. The molecule has 3 fully saturated rings. The largest absolute Gasteiger partial charge is 0.378 e. The zero-order chi connectivity index (χ0) is 24.2. The van der Waals surface area contributed by atoms with Crippen LogP contribution in [0.15, 0.2) is 52.6 Å². The molecule has 3 aliphatic rings. The van der Waals surface area contributed by atoms with E-state index in [9.17, 15) is 5.53 Å². The Morgan fingerprint density at radius 1 is 1.23 bits per heavy atom. The molecule has 186 valence electrons. The number of thioether (sulfide) groups is 1. The number of nitrogens with zero attached hydrogens (tertiary/aromatic N) is 5. The van der Waals surface area contributed by atoms with Crippen molar-refractivity contribution in [3.05, 3.63) is 63.6 Å². The fraction of sp³-hybridized carbons (Fsp3) is 0.522. The van der Waals surface area contributed by atoms with Crippen molar-refractivity contribution in [3.63, 3.8) is 0 Å². The lowest BCUT2D eigenvalue weighted by Gasteiger charge is -2.47. The Bertz CT molecular complexity index is 1060. The van der Waals surface area contributed by atoms with Gasteiger partial charge >= 0.3 is 0 Å². The van der Waals surface area contributed by atoms with Crippen LogP contribution in [0.25, 0.3) is 10.4 Å². The average molecular weight is 520 g/mol. The van der Waals surface area contributed by atoms with Gasteiger partial charge in [-0.25, -0.2) is 4.98 Å². The minimum Gasteiger partial charge on any atom is -0.378 e. The molecule has 12 heteroatoms. The molecule has 10 nitrogen and oxygen atoms in total. The van der Waals surface area contributed by atoms with Crippen molar-refractivity contribution in [3.8, 4) is 0 Å². The SMILES string of the molecule is COC1C(N=[N+]=[N-])[C@H]2OC(c3ccccc3)OCC2O[C@@H]1Sc1cc(Cl)cnc1N1CCOCC1. The molecule has 0 aliphatic carbocycles. The van der Waals surface area contributed by atoms with E-state index in [0.717, 1.165) is 29.4 Å². The standard InChI is InChI=1S/C23H26ClN5O5S/c1-30-20-18(27-28-25)19-16(13-32-22(34-19)14-5-3-2-4-6-14)33-23(20)35-17-11-15(24)12-26-21(17)29-7-9-31-10-8-29/h2-6,11-12,16,18-20,22-23H,7-10,13H2,1H3/t16?,18?,19-,20?,22?,23+/m0/s1. The highest BCUT2D eigenvalue weighted by atomic mass is 35.5. The lowest BCUT2D eigenvalue weighted by Crippen LogP contribution is -2.60. The second-order valence-electron chi connectivity index (χ2n) is 8.31. The summed E-state index contributed by atoms with van der Waals surface area (Å²) in [4.78, 5) is 10.7. The van der Waals surface area contributed by atoms with E-state index in [1.807, 2.05) is 36.4 Å². The van der Waals surface area contributed by atoms with Gasteiger partial charge in [0.2, 0.25) is 0 Å². The Kier molecular flexibility index (Phi) is 7.96. The van der Waals surface area contributed by atoms with Crippen LogP contribution in [0.2, 0.25) is 5.02 Å². The third kappa shape index (κ3) is 5.37. The lowest BCUT2D eigenvalue weighted by molar-refractivity contribution is -0.298. The molecule has 4 unspecified atom stereocenters. The summed E-state index contributed by atoms with van der Waals surface area (Å²) in [7, 11) is 1.58. The summed E-state index contributed by atoms with van der Waals surface area (Å²) in [5, 5.41) is 4.61. The number of azide groups is 1. The third-order valence-electron chi connectivity index (χ3n) is 6.19. The number of halogens is 1. The third-order valence-corrected chi connectivity index (χ3v) is 7.56. The molecule has 35 heavy (non-hydrogen) atoms. The van der Waals surface area contributed by atoms with Crippen molar-refractivity contribution in [2.24, 2.45) is 5.11 Å². The number of benzene rings is 1. The first-order chi connectivity index (χ1) is 17.2. The first kappa shape index (κ1) is 24.6. The normalized spacial score (nSPS) is 30.9. The van der Waals surface area contributed by atoms with Crippen LogP contribution in [0.1, 0.15) is 11.9 Å². The van der Waals surface area contributed by atoms with E-state index >= 15 is 0 Å². The minimum atomic E-state index is -0.615. The molecule has 3 aliphatic heterocycles. The van der Waals surface area contributed by atoms with Crippen molar-refractivity contribution in [2.45, 2.75) is 41.0 Å². The summed E-state index contributed by atoms with van der Waals surface area (Å²) >= 11 is 7.75. The minimum absolute atomic E-state index is 0.291. The van der Waals surface area contributed by atoms with E-state index < -0.39 is 36.1 Å². The van der Waals surface area contributed by atoms with E-state index in [0.29, 0.717) is 24.8 Å². The van der Waals surface area contributed by atoms with E-state index in [2.05, 4.69) is 19.9 Å². The van der Waals surface area contributed by atoms with Gasteiger partial charge in [0.05, 0.1) is 35.8 Å². The van der Waals surface area contributed by atoms with Gasteiger partial charge in [0.25, 0.3) is 0 Å². The van der Waals surface area contributed by atoms with E-state index in [1.54, 1.807) is 13.3 Å². The van der Waals surface area contributed by atoms with Gasteiger partial charge in [0, 0.05) is 36.9 Å². The maximum absolute atomic E-state index is 9.35. The summed E-state index contributed by atoms with van der Waals surface area (Å²) < 4.78 is 30.0. The fourth-order valence-electron chi connectivity index (χ4n) is 4.52. The highest BCUT2D eigenvalue weighted by Gasteiger charge is 2.50. The highest BCUT2D eigenvalue weighted by molar-refractivity contribution is 8.00. The number of pyridine rings is 1. The number of fused-ring (bicyclic) bond motifs is 1. The first-order valence-corrected chi connectivity index (χ1v) is 12.6. The molecule has 1 aromatic heterocycles. The number of morpholine rings is 1. The maximum Gasteiger partial charge on any atom is 0.184 e. The Morgan fingerprint density at radius 2 is 2.03 bits per heavy atom. The van der Waals surface area contributed by atoms with E-state index in [-0.39, 0.29) is 0 Å². The molecule has 0 spiro atoms. The van der Waals surface area contributed by atoms with Crippen LogP contribution >= 0.6 is 23.4 Å². The number of anilines is 1. The molecule has 1 aromatic carbocycles. The number of aromatic nitrogens is 1. The smallest absolute Gasteiger partial charge is 0.184 e. The molecule has 6 atom stereocenters. The molecular formula is C23H26ClN5O5S. The second-order valence-corrected chi connectivity index (χ2v) is 9.88. The van der Waals surface area contributed by atoms with Gasteiger partial charge in [-0.2, -0.15) is 0 Å². The summed E-state index contributed by atoms with van der Waals surface area (Å²) in [5.41, 5.74) is 9.74. The quantitative estimate of drug-likeness (QED) is 0.317. The summed E-state index contributed by atoms with van der Waals surface area (Å²) in [6.07, 6.45) is -0.472. The van der Waals surface area contributed by atoms with Gasteiger partial charge in [-0.1, -0.05) is 58.8 Å². The van der Waals surface area contributed by atoms with Crippen LogP contribution in [-0.2, 0) is 23.7 Å².